The minimum Gasteiger partial charge on any atom is -0.445 e. The molecule has 0 aliphatic rings. The first-order valence-electron chi connectivity index (χ1n) is 10.9. The molecule has 3 amide bonds. The Morgan fingerprint density at radius 2 is 1.42 bits per heavy atom. The van der Waals surface area contributed by atoms with Crippen molar-refractivity contribution in [1.29, 1.82) is 0 Å². The second kappa shape index (κ2) is 12.5. The quantitative estimate of drug-likeness (QED) is 0.536. The molecule has 0 aliphatic carbocycles. The fourth-order valence-corrected chi connectivity index (χ4v) is 2.93. The average Bonchev–Trinajstić information content (AvgIpc) is 2.76. The van der Waals surface area contributed by atoms with Crippen LogP contribution in [0.1, 0.15) is 38.8 Å². The van der Waals surface area contributed by atoms with Gasteiger partial charge in [0.15, 0.2) is 0 Å². The zero-order valence-electron chi connectivity index (χ0n) is 19.6. The summed E-state index contributed by atoms with van der Waals surface area (Å²) in [5, 5.41) is 8.09. The van der Waals surface area contributed by atoms with E-state index >= 15 is 0 Å². The highest BCUT2D eigenvalue weighted by Crippen LogP contribution is 2.07. The smallest absolute Gasteiger partial charge is 0.408 e. The third kappa shape index (κ3) is 10.5. The van der Waals surface area contributed by atoms with Gasteiger partial charge in [0, 0.05) is 6.54 Å². The molecular formula is C25H33N3O5. The van der Waals surface area contributed by atoms with Crippen LogP contribution >= 0.6 is 0 Å². The summed E-state index contributed by atoms with van der Waals surface area (Å²) >= 11 is 0. The highest BCUT2D eigenvalue weighted by Gasteiger charge is 2.22. The molecule has 2 rings (SSSR count). The molecule has 8 heteroatoms. The minimum absolute atomic E-state index is 0.147. The average molecular weight is 456 g/mol. The first kappa shape index (κ1) is 25.7. The molecule has 2 unspecified atom stereocenters. The zero-order valence-corrected chi connectivity index (χ0v) is 19.6. The number of alkyl carbamates (subject to hydrolysis) is 2. The molecule has 0 bridgehead atoms. The molecule has 0 saturated heterocycles. The van der Waals surface area contributed by atoms with E-state index in [2.05, 4.69) is 16.0 Å². The predicted molar refractivity (Wildman–Crippen MR) is 126 cm³/mol. The molecule has 178 valence electrons. The summed E-state index contributed by atoms with van der Waals surface area (Å²) in [6, 6.07) is 17.8. The van der Waals surface area contributed by atoms with Crippen molar-refractivity contribution in [3.05, 3.63) is 71.8 Å². The van der Waals surface area contributed by atoms with Crippen molar-refractivity contribution in [3.8, 4) is 0 Å². The van der Waals surface area contributed by atoms with Crippen molar-refractivity contribution in [1.82, 2.24) is 16.0 Å². The molecule has 0 spiro atoms. The van der Waals surface area contributed by atoms with E-state index in [4.69, 9.17) is 9.47 Å². The van der Waals surface area contributed by atoms with Gasteiger partial charge in [-0.25, -0.2) is 9.59 Å². The molecule has 0 fully saturated rings. The van der Waals surface area contributed by atoms with Crippen molar-refractivity contribution >= 4 is 18.1 Å². The third-order valence-corrected chi connectivity index (χ3v) is 4.51. The lowest BCUT2D eigenvalue weighted by Gasteiger charge is -2.23. The Balaban J connectivity index is 1.90. The van der Waals surface area contributed by atoms with Crippen molar-refractivity contribution in [3.63, 3.8) is 0 Å². The number of nitrogens with one attached hydrogen (secondary N) is 3. The van der Waals surface area contributed by atoms with Crippen LogP contribution in [-0.2, 0) is 27.3 Å². The molecule has 0 heterocycles. The van der Waals surface area contributed by atoms with Crippen molar-refractivity contribution in [2.24, 2.45) is 0 Å². The van der Waals surface area contributed by atoms with E-state index in [1.807, 2.05) is 60.7 Å². The maximum atomic E-state index is 12.5. The maximum absolute atomic E-state index is 12.5. The van der Waals surface area contributed by atoms with E-state index in [1.54, 1.807) is 27.7 Å². The summed E-state index contributed by atoms with van der Waals surface area (Å²) in [6.07, 6.45) is -0.752. The minimum atomic E-state index is -0.803. The van der Waals surface area contributed by atoms with Gasteiger partial charge in [-0.1, -0.05) is 60.7 Å². The SMILES string of the molecule is CC(NC(=O)OC(C)(C)C)C(=O)NCC(Cc1ccccc1)NC(=O)OCc1ccccc1. The van der Waals surface area contributed by atoms with E-state index in [1.165, 1.54) is 0 Å². The van der Waals surface area contributed by atoms with Crippen molar-refractivity contribution in [2.75, 3.05) is 6.54 Å². The Morgan fingerprint density at radius 1 is 0.848 bits per heavy atom. The van der Waals surface area contributed by atoms with Gasteiger partial charge in [-0.3, -0.25) is 4.79 Å². The Bertz CT molecular complexity index is 897. The lowest BCUT2D eigenvalue weighted by molar-refractivity contribution is -0.122. The number of amides is 3. The Kier molecular flexibility index (Phi) is 9.72. The first-order valence-corrected chi connectivity index (χ1v) is 10.9. The highest BCUT2D eigenvalue weighted by atomic mass is 16.6. The Hall–Kier alpha value is -3.55. The van der Waals surface area contributed by atoms with Gasteiger partial charge in [0.1, 0.15) is 18.2 Å². The lowest BCUT2D eigenvalue weighted by Crippen LogP contribution is -2.50. The van der Waals surface area contributed by atoms with E-state index < -0.39 is 35.8 Å². The number of hydrogen-bond acceptors (Lipinski definition) is 5. The fraction of sp³-hybridized carbons (Fsp3) is 0.400. The summed E-state index contributed by atoms with van der Waals surface area (Å²) < 4.78 is 10.5. The molecule has 0 aromatic heterocycles. The molecule has 3 N–H and O–H groups in total. The second-order valence-corrected chi connectivity index (χ2v) is 8.71. The van der Waals surface area contributed by atoms with Gasteiger partial charge in [0.25, 0.3) is 0 Å². The van der Waals surface area contributed by atoms with Crippen LogP contribution in [0.15, 0.2) is 60.7 Å². The van der Waals surface area contributed by atoms with E-state index in [0.29, 0.717) is 6.42 Å². The van der Waals surface area contributed by atoms with Crippen LogP contribution < -0.4 is 16.0 Å². The van der Waals surface area contributed by atoms with Crippen LogP contribution in [0.5, 0.6) is 0 Å². The molecule has 33 heavy (non-hydrogen) atoms. The topological polar surface area (TPSA) is 106 Å². The summed E-state index contributed by atoms with van der Waals surface area (Å²) in [7, 11) is 0. The Morgan fingerprint density at radius 3 is 2.00 bits per heavy atom. The van der Waals surface area contributed by atoms with Gasteiger partial charge in [0.2, 0.25) is 5.91 Å². The van der Waals surface area contributed by atoms with Crippen molar-refractivity contribution < 1.29 is 23.9 Å². The van der Waals surface area contributed by atoms with Gasteiger partial charge in [-0.15, -0.1) is 0 Å². The molecule has 2 atom stereocenters. The van der Waals surface area contributed by atoms with E-state index in [0.717, 1.165) is 11.1 Å². The van der Waals surface area contributed by atoms with Crippen LogP contribution in [0.2, 0.25) is 0 Å². The van der Waals surface area contributed by atoms with Crippen LogP contribution in [-0.4, -0.2) is 42.3 Å². The number of rotatable bonds is 9. The zero-order chi connectivity index (χ0) is 24.3. The normalized spacial score (nSPS) is 12.7. The highest BCUT2D eigenvalue weighted by molar-refractivity contribution is 5.85. The van der Waals surface area contributed by atoms with Crippen LogP contribution in [0.3, 0.4) is 0 Å². The fourth-order valence-electron chi connectivity index (χ4n) is 2.93. The van der Waals surface area contributed by atoms with Crippen molar-refractivity contribution in [2.45, 2.75) is 58.4 Å². The number of carbonyl (C=O) groups excluding carboxylic acids is 3. The second-order valence-electron chi connectivity index (χ2n) is 8.71. The van der Waals surface area contributed by atoms with Crippen LogP contribution in [0.4, 0.5) is 9.59 Å². The van der Waals surface area contributed by atoms with Gasteiger partial charge in [-0.05, 0) is 45.2 Å². The molecule has 2 aromatic rings. The van der Waals surface area contributed by atoms with Gasteiger partial charge in [-0.2, -0.15) is 0 Å². The standard InChI is InChI=1S/C25H33N3O5/c1-18(27-24(31)33-25(2,3)4)22(29)26-16-21(15-19-11-7-5-8-12-19)28-23(30)32-17-20-13-9-6-10-14-20/h5-14,18,21H,15-17H2,1-4H3,(H,26,29)(H,27,31)(H,28,30). The number of benzene rings is 2. The number of ether oxygens (including phenoxy) is 2. The number of carbonyl (C=O) groups is 3. The Labute approximate surface area is 195 Å². The monoisotopic (exact) mass is 455 g/mol. The van der Waals surface area contributed by atoms with Crippen LogP contribution in [0, 0.1) is 0 Å². The van der Waals surface area contributed by atoms with E-state index in [-0.39, 0.29) is 13.2 Å². The largest absolute Gasteiger partial charge is 0.445 e. The summed E-state index contributed by atoms with van der Waals surface area (Å²) in [4.78, 5) is 36.7. The van der Waals surface area contributed by atoms with Crippen LogP contribution in [0.25, 0.3) is 0 Å². The van der Waals surface area contributed by atoms with Gasteiger partial charge >= 0.3 is 12.2 Å². The molecule has 2 aromatic carbocycles. The predicted octanol–water partition coefficient (Wildman–Crippen LogP) is 3.55. The summed E-state index contributed by atoms with van der Waals surface area (Å²) in [5.74, 6) is -0.390. The maximum Gasteiger partial charge on any atom is 0.408 e. The summed E-state index contributed by atoms with van der Waals surface area (Å²) in [5.41, 5.74) is 1.22. The molecule has 0 saturated carbocycles. The first-order chi connectivity index (χ1) is 15.6. The van der Waals surface area contributed by atoms with Gasteiger partial charge in [0.05, 0.1) is 6.04 Å². The third-order valence-electron chi connectivity index (χ3n) is 4.51. The molecular weight excluding hydrogens is 422 g/mol. The lowest BCUT2D eigenvalue weighted by atomic mass is 10.1. The van der Waals surface area contributed by atoms with E-state index in [9.17, 15) is 14.4 Å². The number of hydrogen-bond donors (Lipinski definition) is 3. The van der Waals surface area contributed by atoms with Gasteiger partial charge < -0.3 is 25.4 Å². The summed E-state index contributed by atoms with van der Waals surface area (Å²) in [6.45, 7) is 7.10. The molecule has 8 nitrogen and oxygen atoms in total. The molecule has 0 radical (unpaired) electrons. The molecule has 0 aliphatic heterocycles.